The summed E-state index contributed by atoms with van der Waals surface area (Å²) in [5.41, 5.74) is 3.95. The first-order chi connectivity index (χ1) is 14.7. The third kappa shape index (κ3) is 3.19. The maximum Gasteiger partial charge on any atom is 0.170 e. The van der Waals surface area contributed by atoms with Crippen molar-refractivity contribution >= 4 is 28.1 Å². The van der Waals surface area contributed by atoms with Gasteiger partial charge in [-0.1, -0.05) is 17.3 Å². The average Bonchev–Trinajstić information content (AvgIpc) is 3.38. The van der Waals surface area contributed by atoms with E-state index in [0.29, 0.717) is 12.6 Å². The minimum Gasteiger partial charge on any atom is -0.497 e. The van der Waals surface area contributed by atoms with E-state index >= 15 is 0 Å². The van der Waals surface area contributed by atoms with Crippen LogP contribution < -0.4 is 15.0 Å². The van der Waals surface area contributed by atoms with E-state index in [-0.39, 0.29) is 11.9 Å². The number of piperidine rings is 1. The summed E-state index contributed by atoms with van der Waals surface area (Å²) >= 11 is 0. The molecule has 3 heterocycles. The van der Waals surface area contributed by atoms with E-state index in [2.05, 4.69) is 32.4 Å². The van der Waals surface area contributed by atoms with Gasteiger partial charge in [0.25, 0.3) is 0 Å². The normalized spacial score (nSPS) is 18.3. The quantitative estimate of drug-likeness (QED) is 0.691. The number of carbonyl (C=O) groups is 1. The number of nitrogens with zero attached hydrogens (tertiary/aromatic N) is 3. The number of ether oxygens (including phenoxy) is 1. The number of hydrogen-bond donors (Lipinski definition) is 1. The summed E-state index contributed by atoms with van der Waals surface area (Å²) in [5, 5.41) is 8.82. The molecular weight excluding hydrogens is 380 g/mol. The van der Waals surface area contributed by atoms with Crippen LogP contribution in [0.4, 0.5) is 11.4 Å². The molecule has 0 aliphatic carbocycles. The molecule has 1 saturated heterocycles. The number of rotatable bonds is 5. The van der Waals surface area contributed by atoms with Crippen LogP contribution in [0.5, 0.6) is 5.75 Å². The molecule has 2 aromatic carbocycles. The highest BCUT2D eigenvalue weighted by atomic mass is 16.5. The largest absolute Gasteiger partial charge is 0.497 e. The first-order valence-corrected chi connectivity index (χ1v) is 10.4. The van der Waals surface area contributed by atoms with Crippen LogP contribution in [0.3, 0.4) is 0 Å². The van der Waals surface area contributed by atoms with Crippen LogP contribution in [0.1, 0.15) is 31.4 Å². The van der Waals surface area contributed by atoms with Crippen LogP contribution in [0.15, 0.2) is 47.0 Å². The number of Topliss-reactive ketones (excluding diaryl/α,β-unsaturated/α-hetero) is 1. The van der Waals surface area contributed by atoms with Gasteiger partial charge in [-0.15, -0.1) is 0 Å². The number of anilines is 2. The minimum absolute atomic E-state index is 0.172. The van der Waals surface area contributed by atoms with Gasteiger partial charge in [-0.2, -0.15) is 0 Å². The lowest BCUT2D eigenvalue weighted by molar-refractivity contribution is -0.122. The molecule has 0 amide bonds. The number of aromatic nitrogens is 1. The van der Waals surface area contributed by atoms with Crippen LogP contribution in [-0.2, 0) is 4.79 Å². The van der Waals surface area contributed by atoms with E-state index < -0.39 is 0 Å². The van der Waals surface area contributed by atoms with Crippen LogP contribution in [0.25, 0.3) is 11.0 Å². The predicted molar refractivity (Wildman–Crippen MR) is 116 cm³/mol. The van der Waals surface area contributed by atoms with Crippen molar-refractivity contribution in [1.29, 1.82) is 0 Å². The number of benzene rings is 2. The summed E-state index contributed by atoms with van der Waals surface area (Å²) < 4.78 is 10.8. The number of nitrogens with one attached hydrogen (secondary N) is 1. The van der Waals surface area contributed by atoms with Crippen molar-refractivity contribution < 1.29 is 14.1 Å². The highest BCUT2D eigenvalue weighted by Gasteiger charge is 2.36. The van der Waals surface area contributed by atoms with Gasteiger partial charge in [0.2, 0.25) is 0 Å². The Kier molecular flexibility index (Phi) is 4.83. The van der Waals surface area contributed by atoms with Crippen molar-refractivity contribution in [3.05, 3.63) is 48.2 Å². The second-order valence-corrected chi connectivity index (χ2v) is 8.05. The van der Waals surface area contributed by atoms with Crippen molar-refractivity contribution in [3.63, 3.8) is 0 Å². The molecule has 1 atom stereocenters. The summed E-state index contributed by atoms with van der Waals surface area (Å²) in [4.78, 5) is 17.1. The molecule has 5 rings (SSSR count). The number of carbonyl (C=O) groups excluding carboxylic acids is 1. The molecule has 1 N–H and O–H groups in total. The van der Waals surface area contributed by atoms with Gasteiger partial charge >= 0.3 is 0 Å². The summed E-state index contributed by atoms with van der Waals surface area (Å²) in [6.45, 7) is 4.03. The zero-order chi connectivity index (χ0) is 20.7. The first-order valence-electron chi connectivity index (χ1n) is 10.4. The summed E-state index contributed by atoms with van der Waals surface area (Å²) in [6.07, 6.45) is 1.64. The Morgan fingerprint density at radius 1 is 1.23 bits per heavy atom. The van der Waals surface area contributed by atoms with E-state index in [1.54, 1.807) is 14.0 Å². The third-order valence-electron chi connectivity index (χ3n) is 6.28. The molecule has 1 unspecified atom stereocenters. The fraction of sp³-hybridized carbons (Fsp3) is 0.391. The fourth-order valence-electron chi connectivity index (χ4n) is 4.80. The Hall–Kier alpha value is -3.06. The second kappa shape index (κ2) is 7.65. The molecule has 0 radical (unpaired) electrons. The van der Waals surface area contributed by atoms with E-state index in [0.717, 1.165) is 59.7 Å². The van der Waals surface area contributed by atoms with Crippen molar-refractivity contribution in [3.8, 4) is 5.75 Å². The smallest absolute Gasteiger partial charge is 0.170 e. The van der Waals surface area contributed by atoms with E-state index in [4.69, 9.17) is 9.26 Å². The summed E-state index contributed by atoms with van der Waals surface area (Å²) in [5.74, 6) is 1.27. The van der Waals surface area contributed by atoms with E-state index in [1.807, 2.05) is 30.3 Å². The molecule has 0 spiro atoms. The minimum atomic E-state index is -0.250. The average molecular weight is 406 g/mol. The highest BCUT2D eigenvalue weighted by molar-refractivity contribution is 5.88. The zero-order valence-corrected chi connectivity index (χ0v) is 17.3. The maximum absolute atomic E-state index is 12.6. The van der Waals surface area contributed by atoms with Crippen LogP contribution in [0.2, 0.25) is 0 Å². The summed E-state index contributed by atoms with van der Waals surface area (Å²) in [6, 6.07) is 14.0. The Bertz CT molecular complexity index is 1070. The molecular formula is C23H26N4O3. The molecule has 30 heavy (non-hydrogen) atoms. The maximum atomic E-state index is 12.6. The molecule has 1 fully saturated rings. The Morgan fingerprint density at radius 2 is 2.03 bits per heavy atom. The lowest BCUT2D eigenvalue weighted by Gasteiger charge is -2.40. The molecule has 7 heteroatoms. The molecule has 2 aliphatic heterocycles. The second-order valence-electron chi connectivity index (χ2n) is 8.05. The molecule has 0 bridgehead atoms. The standard InChI is InChI=1S/C23H26N4O3/c1-15(28)23(27-14-24-19-5-3-4-6-20(19)27)26-11-9-16(10-12-26)22-18-8-7-17(29-2)13-21(18)30-25-22/h3-8,13,16,23-24H,9-12,14H2,1-2H3. The van der Waals surface area contributed by atoms with E-state index in [9.17, 15) is 4.79 Å². The van der Waals surface area contributed by atoms with Crippen LogP contribution >= 0.6 is 0 Å². The Labute approximate surface area is 175 Å². The van der Waals surface area contributed by atoms with Gasteiger partial charge in [0.05, 0.1) is 30.8 Å². The topological polar surface area (TPSA) is 70.8 Å². The number of likely N-dealkylation sites (tertiary alicyclic amines) is 1. The predicted octanol–water partition coefficient (Wildman–Crippen LogP) is 3.82. The zero-order valence-electron chi connectivity index (χ0n) is 17.3. The lowest BCUT2D eigenvalue weighted by Crippen LogP contribution is -2.54. The SMILES string of the molecule is COc1ccc2c(C3CCN(C(C(C)=O)N4CNc5ccccc54)CC3)noc2c1. The Morgan fingerprint density at radius 3 is 2.80 bits per heavy atom. The van der Waals surface area contributed by atoms with Crippen molar-refractivity contribution in [2.75, 3.05) is 37.1 Å². The van der Waals surface area contributed by atoms with Crippen molar-refractivity contribution in [2.45, 2.75) is 31.8 Å². The number of methoxy groups -OCH3 is 1. The third-order valence-corrected chi connectivity index (χ3v) is 6.28. The number of ketones is 1. The van der Waals surface area contributed by atoms with Crippen molar-refractivity contribution in [1.82, 2.24) is 10.1 Å². The van der Waals surface area contributed by atoms with Gasteiger partial charge in [0.15, 0.2) is 11.4 Å². The number of para-hydroxylation sites is 2. The monoisotopic (exact) mass is 406 g/mol. The first kappa shape index (κ1) is 18.9. The molecule has 7 nitrogen and oxygen atoms in total. The van der Waals surface area contributed by atoms with Gasteiger partial charge in [-0.05, 0) is 44.0 Å². The fourth-order valence-corrected chi connectivity index (χ4v) is 4.80. The lowest BCUT2D eigenvalue weighted by atomic mass is 9.91. The Balaban J connectivity index is 1.33. The number of fused-ring (bicyclic) bond motifs is 2. The van der Waals surface area contributed by atoms with Gasteiger partial charge < -0.3 is 19.5 Å². The van der Waals surface area contributed by atoms with Gasteiger partial charge in [-0.3, -0.25) is 9.69 Å². The molecule has 156 valence electrons. The molecule has 2 aliphatic rings. The van der Waals surface area contributed by atoms with Gasteiger partial charge in [-0.25, -0.2) is 0 Å². The van der Waals surface area contributed by atoms with E-state index in [1.165, 1.54) is 0 Å². The number of hydrogen-bond acceptors (Lipinski definition) is 7. The van der Waals surface area contributed by atoms with Crippen LogP contribution in [0, 0.1) is 0 Å². The highest BCUT2D eigenvalue weighted by Crippen LogP contribution is 2.37. The van der Waals surface area contributed by atoms with Crippen molar-refractivity contribution in [2.24, 2.45) is 0 Å². The molecule has 3 aromatic rings. The van der Waals surface area contributed by atoms with Gasteiger partial charge in [0.1, 0.15) is 11.9 Å². The van der Waals surface area contributed by atoms with Gasteiger partial charge in [0, 0.05) is 30.5 Å². The van der Waals surface area contributed by atoms with Crippen LogP contribution in [-0.4, -0.2) is 48.9 Å². The molecule has 1 aromatic heterocycles. The molecule has 0 saturated carbocycles. The summed E-state index contributed by atoms with van der Waals surface area (Å²) in [7, 11) is 1.65.